The zero-order chi connectivity index (χ0) is 14.0. The second-order valence-electron chi connectivity index (χ2n) is 5.40. The molecule has 0 saturated carbocycles. The van der Waals surface area contributed by atoms with Gasteiger partial charge in [-0.2, -0.15) is 0 Å². The minimum Gasteiger partial charge on any atom is -0.389 e. The van der Waals surface area contributed by atoms with Crippen LogP contribution in [0.4, 0.5) is 0 Å². The van der Waals surface area contributed by atoms with Crippen molar-refractivity contribution in [3.63, 3.8) is 0 Å². The molecule has 0 aliphatic carbocycles. The van der Waals surface area contributed by atoms with Gasteiger partial charge in [0.25, 0.3) is 0 Å². The molecule has 0 amide bonds. The fourth-order valence-corrected chi connectivity index (χ4v) is 2.17. The molecular formula is C16H20N2O. The lowest BCUT2D eigenvalue weighted by molar-refractivity contribution is 0.197. The quantitative estimate of drug-likeness (QED) is 0.917. The lowest BCUT2D eigenvalue weighted by Gasteiger charge is -2.24. The van der Waals surface area contributed by atoms with Gasteiger partial charge in [-0.1, -0.05) is 30.3 Å². The number of benzene rings is 1. The topological polar surface area (TPSA) is 46.0 Å². The summed E-state index contributed by atoms with van der Waals surface area (Å²) in [7, 11) is 0. The molecule has 2 aromatic rings. The molecule has 0 saturated heterocycles. The first kappa shape index (κ1) is 13.7. The Morgan fingerprint density at radius 1 is 1.16 bits per heavy atom. The van der Waals surface area contributed by atoms with Gasteiger partial charge < -0.3 is 5.11 Å². The number of rotatable bonds is 3. The number of nitrogens with zero attached hydrogens (tertiary/aromatic N) is 2. The summed E-state index contributed by atoms with van der Waals surface area (Å²) in [5, 5.41) is 9.64. The van der Waals surface area contributed by atoms with E-state index in [-0.39, 0.29) is 5.41 Å². The molecule has 0 aliphatic heterocycles. The van der Waals surface area contributed by atoms with E-state index in [1.54, 1.807) is 13.1 Å². The zero-order valence-corrected chi connectivity index (χ0v) is 11.9. The number of aliphatic hydroxyl groups excluding tert-OH is 1. The molecule has 1 heterocycles. The molecule has 100 valence electrons. The van der Waals surface area contributed by atoms with Crippen LogP contribution in [-0.4, -0.2) is 15.1 Å². The molecule has 1 atom stereocenters. The van der Waals surface area contributed by atoms with Crippen LogP contribution in [0.1, 0.15) is 49.5 Å². The van der Waals surface area contributed by atoms with Gasteiger partial charge in [-0.15, -0.1) is 0 Å². The van der Waals surface area contributed by atoms with E-state index in [9.17, 15) is 5.11 Å². The second-order valence-corrected chi connectivity index (χ2v) is 5.40. The largest absolute Gasteiger partial charge is 0.389 e. The van der Waals surface area contributed by atoms with Gasteiger partial charge in [0.05, 0.1) is 6.10 Å². The molecule has 0 fully saturated rings. The third kappa shape index (κ3) is 2.66. The van der Waals surface area contributed by atoms with Crippen molar-refractivity contribution in [1.29, 1.82) is 0 Å². The normalized spacial score (nSPS) is 13.3. The molecule has 3 heteroatoms. The van der Waals surface area contributed by atoms with Gasteiger partial charge in [0, 0.05) is 22.9 Å². The lowest BCUT2D eigenvalue weighted by Crippen LogP contribution is -2.23. The van der Waals surface area contributed by atoms with Crippen LogP contribution in [0, 0.1) is 6.92 Å². The lowest BCUT2D eigenvalue weighted by atomic mass is 9.83. The number of hydrogen-bond donors (Lipinski definition) is 1. The van der Waals surface area contributed by atoms with E-state index >= 15 is 0 Å². The third-order valence-electron chi connectivity index (χ3n) is 3.52. The van der Waals surface area contributed by atoms with E-state index in [4.69, 9.17) is 0 Å². The third-order valence-corrected chi connectivity index (χ3v) is 3.52. The highest BCUT2D eigenvalue weighted by Crippen LogP contribution is 2.29. The Kier molecular flexibility index (Phi) is 3.67. The molecule has 1 N–H and O–H groups in total. The average Bonchev–Trinajstić information content (AvgIpc) is 2.39. The Morgan fingerprint density at radius 2 is 1.79 bits per heavy atom. The SMILES string of the molecule is Cc1nc(C(C)(C)c2ccccc2)ncc1[C@@H](C)O. The molecule has 0 radical (unpaired) electrons. The van der Waals surface area contributed by atoms with E-state index < -0.39 is 6.10 Å². The van der Waals surface area contributed by atoms with E-state index in [1.807, 2.05) is 25.1 Å². The molecule has 19 heavy (non-hydrogen) atoms. The van der Waals surface area contributed by atoms with Crippen LogP contribution in [0.2, 0.25) is 0 Å². The highest BCUT2D eigenvalue weighted by atomic mass is 16.3. The summed E-state index contributed by atoms with van der Waals surface area (Å²) in [6, 6.07) is 10.2. The summed E-state index contributed by atoms with van der Waals surface area (Å²) in [5.41, 5.74) is 2.55. The molecule has 0 spiro atoms. The first-order valence-electron chi connectivity index (χ1n) is 6.50. The maximum Gasteiger partial charge on any atom is 0.138 e. The van der Waals surface area contributed by atoms with E-state index in [1.165, 1.54) is 5.56 Å². The number of aliphatic hydroxyl groups is 1. The van der Waals surface area contributed by atoms with Gasteiger partial charge in [-0.25, -0.2) is 9.97 Å². The van der Waals surface area contributed by atoms with Crippen molar-refractivity contribution in [1.82, 2.24) is 9.97 Å². The summed E-state index contributed by atoms with van der Waals surface area (Å²) in [5.74, 6) is 0.778. The van der Waals surface area contributed by atoms with Crippen molar-refractivity contribution in [2.75, 3.05) is 0 Å². The molecule has 0 aliphatic rings. The predicted octanol–water partition coefficient (Wildman–Crippen LogP) is 3.16. The highest BCUT2D eigenvalue weighted by molar-refractivity contribution is 5.32. The smallest absolute Gasteiger partial charge is 0.138 e. The van der Waals surface area contributed by atoms with Crippen molar-refractivity contribution in [2.45, 2.75) is 39.2 Å². The molecule has 1 aromatic heterocycles. The molecular weight excluding hydrogens is 236 g/mol. The molecule has 3 nitrogen and oxygen atoms in total. The highest BCUT2D eigenvalue weighted by Gasteiger charge is 2.26. The Morgan fingerprint density at radius 3 is 2.32 bits per heavy atom. The van der Waals surface area contributed by atoms with Crippen molar-refractivity contribution in [3.8, 4) is 0 Å². The van der Waals surface area contributed by atoms with Gasteiger partial charge in [-0.05, 0) is 33.3 Å². The fraction of sp³-hybridized carbons (Fsp3) is 0.375. The van der Waals surface area contributed by atoms with Crippen LogP contribution in [0.5, 0.6) is 0 Å². The van der Waals surface area contributed by atoms with Crippen LogP contribution in [-0.2, 0) is 5.41 Å². The second kappa shape index (κ2) is 5.10. The van der Waals surface area contributed by atoms with Crippen molar-refractivity contribution < 1.29 is 5.11 Å². The van der Waals surface area contributed by atoms with Gasteiger partial charge >= 0.3 is 0 Å². The maximum atomic E-state index is 9.64. The summed E-state index contributed by atoms with van der Waals surface area (Å²) in [4.78, 5) is 9.01. The number of aromatic nitrogens is 2. The van der Waals surface area contributed by atoms with Crippen LogP contribution in [0.25, 0.3) is 0 Å². The Hall–Kier alpha value is -1.74. The summed E-state index contributed by atoms with van der Waals surface area (Å²) < 4.78 is 0. The van der Waals surface area contributed by atoms with Gasteiger partial charge in [0.15, 0.2) is 0 Å². The fourth-order valence-electron chi connectivity index (χ4n) is 2.17. The van der Waals surface area contributed by atoms with Crippen LogP contribution in [0.3, 0.4) is 0 Å². The van der Waals surface area contributed by atoms with E-state index in [2.05, 4.69) is 35.9 Å². The maximum absolute atomic E-state index is 9.64. The van der Waals surface area contributed by atoms with Crippen LogP contribution >= 0.6 is 0 Å². The Labute approximate surface area is 114 Å². The first-order chi connectivity index (χ1) is 8.93. The van der Waals surface area contributed by atoms with Crippen LogP contribution < -0.4 is 0 Å². The van der Waals surface area contributed by atoms with E-state index in [0.29, 0.717) is 0 Å². The molecule has 0 unspecified atom stereocenters. The summed E-state index contributed by atoms with van der Waals surface area (Å²) in [6.45, 7) is 7.86. The zero-order valence-electron chi connectivity index (χ0n) is 11.9. The number of hydrogen-bond acceptors (Lipinski definition) is 3. The summed E-state index contributed by atoms with van der Waals surface area (Å²) >= 11 is 0. The average molecular weight is 256 g/mol. The van der Waals surface area contributed by atoms with Crippen molar-refractivity contribution in [3.05, 3.63) is 59.2 Å². The van der Waals surface area contributed by atoms with Crippen molar-refractivity contribution >= 4 is 0 Å². The monoisotopic (exact) mass is 256 g/mol. The molecule has 1 aromatic carbocycles. The minimum absolute atomic E-state index is 0.247. The first-order valence-corrected chi connectivity index (χ1v) is 6.50. The van der Waals surface area contributed by atoms with Crippen LogP contribution in [0.15, 0.2) is 36.5 Å². The van der Waals surface area contributed by atoms with Gasteiger partial charge in [-0.3, -0.25) is 0 Å². The summed E-state index contributed by atoms with van der Waals surface area (Å²) in [6.07, 6.45) is 1.20. The molecule has 0 bridgehead atoms. The van der Waals surface area contributed by atoms with Crippen molar-refractivity contribution in [2.24, 2.45) is 0 Å². The Bertz CT molecular complexity index is 562. The molecule has 2 rings (SSSR count). The Balaban J connectivity index is 2.44. The minimum atomic E-state index is -0.533. The standard InChI is InChI=1S/C16H20N2O/c1-11-14(12(2)19)10-17-15(18-11)16(3,4)13-8-6-5-7-9-13/h5-10,12,19H,1-4H3/t12-/m1/s1. The van der Waals surface area contributed by atoms with E-state index in [0.717, 1.165) is 17.1 Å². The van der Waals surface area contributed by atoms with Gasteiger partial charge in [0.1, 0.15) is 5.82 Å². The number of aryl methyl sites for hydroxylation is 1. The van der Waals surface area contributed by atoms with Gasteiger partial charge in [0.2, 0.25) is 0 Å². The predicted molar refractivity (Wildman–Crippen MR) is 76.0 cm³/mol.